The Labute approximate surface area is 174 Å². The van der Waals surface area contributed by atoms with Crippen molar-refractivity contribution in [2.75, 3.05) is 31.9 Å². The number of nitrogens with zero attached hydrogens (tertiary/aromatic N) is 3. The number of halogens is 2. The first kappa shape index (κ1) is 20.3. The fraction of sp³-hybridized carbons (Fsp3) is 0.455. The van der Waals surface area contributed by atoms with E-state index < -0.39 is 11.6 Å². The molecule has 7 heteroatoms. The molecule has 2 aromatic rings. The molecule has 1 amide bonds. The van der Waals surface area contributed by atoms with Crippen LogP contribution in [0.3, 0.4) is 0 Å². The van der Waals surface area contributed by atoms with Gasteiger partial charge in [-0.05, 0) is 44.0 Å². The summed E-state index contributed by atoms with van der Waals surface area (Å²) < 4.78 is 27.6. The molecule has 1 atom stereocenters. The molecule has 0 bridgehead atoms. The summed E-state index contributed by atoms with van der Waals surface area (Å²) in [6, 6.07) is 10.1. The number of hydrogen-bond donors (Lipinski definition) is 0. The number of pyridine rings is 1. The Balaban J connectivity index is 1.34. The minimum atomic E-state index is -0.794. The molecule has 154 valence electrons. The molecule has 1 aromatic heterocycles. The Morgan fingerprint density at radius 1 is 1.10 bits per heavy atom. The lowest BCUT2D eigenvalue weighted by molar-refractivity contribution is -0.127. The van der Waals surface area contributed by atoms with Crippen LogP contribution in [0.4, 0.5) is 8.78 Å². The molecule has 2 saturated heterocycles. The zero-order valence-electron chi connectivity index (χ0n) is 16.3. The van der Waals surface area contributed by atoms with Gasteiger partial charge in [0, 0.05) is 43.4 Å². The van der Waals surface area contributed by atoms with Gasteiger partial charge in [0.05, 0.1) is 10.8 Å². The highest BCUT2D eigenvalue weighted by molar-refractivity contribution is 7.99. The first-order valence-corrected chi connectivity index (χ1v) is 11.0. The normalized spacial score (nSPS) is 22.3. The summed E-state index contributed by atoms with van der Waals surface area (Å²) in [4.78, 5) is 21.1. The monoisotopic (exact) mass is 417 g/mol. The second-order valence-corrected chi connectivity index (χ2v) is 9.04. The minimum Gasteiger partial charge on any atom is -0.341 e. The van der Waals surface area contributed by atoms with E-state index in [1.807, 2.05) is 23.1 Å². The van der Waals surface area contributed by atoms with Crippen molar-refractivity contribution in [3.05, 3.63) is 59.8 Å². The lowest BCUT2D eigenvalue weighted by atomic mass is 9.79. The standard InChI is InChI=1S/C22H25F2N3OS/c23-18-6-3-5-17(21(18)24)13-26-11-4-8-22(15-26)9-12-27(16-22)20(28)14-29-19-7-1-2-10-25-19/h1-3,5-7,10H,4,8-9,11-16H2. The molecule has 1 aromatic carbocycles. The molecule has 3 heterocycles. The smallest absolute Gasteiger partial charge is 0.233 e. The van der Waals surface area contributed by atoms with Gasteiger partial charge in [-0.15, -0.1) is 0 Å². The molecule has 0 saturated carbocycles. The van der Waals surface area contributed by atoms with E-state index in [-0.39, 0.29) is 11.3 Å². The zero-order valence-corrected chi connectivity index (χ0v) is 17.1. The highest BCUT2D eigenvalue weighted by Crippen LogP contribution is 2.39. The second-order valence-electron chi connectivity index (χ2n) is 8.05. The van der Waals surface area contributed by atoms with Crippen molar-refractivity contribution in [2.24, 2.45) is 5.41 Å². The number of amides is 1. The van der Waals surface area contributed by atoms with Crippen LogP contribution >= 0.6 is 11.8 Å². The third-order valence-corrected chi connectivity index (χ3v) is 6.87. The van der Waals surface area contributed by atoms with Crippen LogP contribution in [0.2, 0.25) is 0 Å². The molecule has 0 N–H and O–H groups in total. The molecule has 0 radical (unpaired) electrons. The van der Waals surface area contributed by atoms with Gasteiger partial charge in [0.1, 0.15) is 0 Å². The van der Waals surface area contributed by atoms with Crippen LogP contribution in [-0.4, -0.2) is 52.6 Å². The quantitative estimate of drug-likeness (QED) is 0.690. The SMILES string of the molecule is O=C(CSc1ccccn1)N1CCC2(CCCN(Cc3cccc(F)c3F)C2)C1. The fourth-order valence-corrected chi connectivity index (χ4v) is 5.26. The maximum atomic E-state index is 14.1. The van der Waals surface area contributed by atoms with Crippen molar-refractivity contribution in [3.63, 3.8) is 0 Å². The largest absolute Gasteiger partial charge is 0.341 e. The van der Waals surface area contributed by atoms with Gasteiger partial charge >= 0.3 is 0 Å². The van der Waals surface area contributed by atoms with Gasteiger partial charge < -0.3 is 4.90 Å². The van der Waals surface area contributed by atoms with Crippen molar-refractivity contribution in [2.45, 2.75) is 30.8 Å². The highest BCUT2D eigenvalue weighted by Gasteiger charge is 2.42. The first-order valence-electron chi connectivity index (χ1n) is 10.0. The van der Waals surface area contributed by atoms with Crippen LogP contribution in [0.1, 0.15) is 24.8 Å². The van der Waals surface area contributed by atoms with Crippen molar-refractivity contribution in [1.29, 1.82) is 0 Å². The molecule has 2 aliphatic rings. The fourth-order valence-electron chi connectivity index (χ4n) is 4.50. The van der Waals surface area contributed by atoms with Crippen LogP contribution < -0.4 is 0 Å². The predicted octanol–water partition coefficient (Wildman–Crippen LogP) is 3.97. The Kier molecular flexibility index (Phi) is 6.15. The second kappa shape index (κ2) is 8.79. The molecule has 2 aliphatic heterocycles. The number of thioether (sulfide) groups is 1. The van der Waals surface area contributed by atoms with Gasteiger partial charge in [-0.3, -0.25) is 9.69 Å². The Morgan fingerprint density at radius 3 is 2.83 bits per heavy atom. The summed E-state index contributed by atoms with van der Waals surface area (Å²) in [5, 5.41) is 0.857. The van der Waals surface area contributed by atoms with E-state index in [1.165, 1.54) is 11.8 Å². The highest BCUT2D eigenvalue weighted by atomic mass is 32.2. The Bertz CT molecular complexity index is 866. The summed E-state index contributed by atoms with van der Waals surface area (Å²) >= 11 is 1.47. The lowest BCUT2D eigenvalue weighted by Crippen LogP contribution is -2.45. The predicted molar refractivity (Wildman–Crippen MR) is 109 cm³/mol. The van der Waals surface area contributed by atoms with E-state index in [2.05, 4.69) is 9.88 Å². The van der Waals surface area contributed by atoms with Crippen LogP contribution in [0.5, 0.6) is 0 Å². The van der Waals surface area contributed by atoms with E-state index in [0.29, 0.717) is 17.9 Å². The lowest BCUT2D eigenvalue weighted by Gasteiger charge is -2.40. The zero-order chi connectivity index (χ0) is 20.3. The number of carbonyl (C=O) groups is 1. The minimum absolute atomic E-state index is 0.0629. The van der Waals surface area contributed by atoms with E-state index in [1.54, 1.807) is 18.3 Å². The number of hydrogen-bond acceptors (Lipinski definition) is 4. The van der Waals surface area contributed by atoms with Gasteiger partial charge in [0.2, 0.25) is 5.91 Å². The summed E-state index contributed by atoms with van der Waals surface area (Å²) in [5.41, 5.74) is 0.465. The maximum Gasteiger partial charge on any atom is 0.233 e. The van der Waals surface area contributed by atoms with Crippen molar-refractivity contribution < 1.29 is 13.6 Å². The number of benzene rings is 1. The van der Waals surface area contributed by atoms with Crippen LogP contribution in [0.15, 0.2) is 47.6 Å². The molecule has 29 heavy (non-hydrogen) atoms. The third kappa shape index (κ3) is 4.78. The van der Waals surface area contributed by atoms with E-state index in [9.17, 15) is 13.6 Å². The summed E-state index contributed by atoms with van der Waals surface area (Å²) in [6.07, 6.45) is 4.79. The number of carbonyl (C=O) groups excluding carboxylic acids is 1. The molecule has 4 rings (SSSR count). The molecule has 1 unspecified atom stereocenters. The number of rotatable bonds is 5. The third-order valence-electron chi connectivity index (χ3n) is 5.94. The van der Waals surface area contributed by atoms with Gasteiger partial charge in [0.15, 0.2) is 11.6 Å². The van der Waals surface area contributed by atoms with Gasteiger partial charge in [-0.1, -0.05) is 30.0 Å². The molecule has 4 nitrogen and oxygen atoms in total. The molecule has 2 fully saturated rings. The Hall–Kier alpha value is -1.99. The van der Waals surface area contributed by atoms with Crippen LogP contribution in [-0.2, 0) is 11.3 Å². The summed E-state index contributed by atoms with van der Waals surface area (Å²) in [6.45, 7) is 3.62. The maximum absolute atomic E-state index is 14.1. The van der Waals surface area contributed by atoms with Crippen LogP contribution in [0, 0.1) is 17.0 Å². The molecule has 0 aliphatic carbocycles. The summed E-state index contributed by atoms with van der Waals surface area (Å²) in [7, 11) is 0. The first-order chi connectivity index (χ1) is 14.0. The molecular weight excluding hydrogens is 392 g/mol. The van der Waals surface area contributed by atoms with Gasteiger partial charge in [-0.25, -0.2) is 13.8 Å². The van der Waals surface area contributed by atoms with Crippen molar-refractivity contribution >= 4 is 17.7 Å². The average molecular weight is 418 g/mol. The van der Waals surface area contributed by atoms with E-state index in [4.69, 9.17) is 0 Å². The van der Waals surface area contributed by atoms with Crippen molar-refractivity contribution in [3.8, 4) is 0 Å². The van der Waals surface area contributed by atoms with Gasteiger partial charge in [0.25, 0.3) is 0 Å². The number of piperidine rings is 1. The van der Waals surface area contributed by atoms with Crippen LogP contribution in [0.25, 0.3) is 0 Å². The summed E-state index contributed by atoms with van der Waals surface area (Å²) in [5.74, 6) is -1.00. The molecular formula is C22H25F2N3OS. The van der Waals surface area contributed by atoms with E-state index in [0.717, 1.165) is 56.5 Å². The number of aromatic nitrogens is 1. The topological polar surface area (TPSA) is 36.4 Å². The average Bonchev–Trinajstić information content (AvgIpc) is 3.13. The van der Waals surface area contributed by atoms with E-state index >= 15 is 0 Å². The Morgan fingerprint density at radius 2 is 2.00 bits per heavy atom. The van der Waals surface area contributed by atoms with Crippen molar-refractivity contribution in [1.82, 2.24) is 14.8 Å². The number of likely N-dealkylation sites (tertiary alicyclic amines) is 2. The van der Waals surface area contributed by atoms with Gasteiger partial charge in [-0.2, -0.15) is 0 Å². The molecule has 1 spiro atoms.